The number of hydrogen-bond donors (Lipinski definition) is 2. The van der Waals surface area contributed by atoms with Crippen LogP contribution < -0.4 is 10.6 Å². The second kappa shape index (κ2) is 6.56. The monoisotopic (exact) mass is 284 g/mol. The van der Waals surface area contributed by atoms with Gasteiger partial charge in [-0.25, -0.2) is 8.42 Å². The molecule has 1 aromatic carbocycles. The molecule has 0 radical (unpaired) electrons. The van der Waals surface area contributed by atoms with Crippen molar-refractivity contribution in [3.05, 3.63) is 29.8 Å². The lowest BCUT2D eigenvalue weighted by Crippen LogP contribution is -2.25. The fourth-order valence-corrected chi connectivity index (χ4v) is 2.75. The van der Waals surface area contributed by atoms with E-state index in [4.69, 9.17) is 0 Å². The van der Waals surface area contributed by atoms with Crippen molar-refractivity contribution in [3.63, 3.8) is 0 Å². The molecule has 0 aliphatic heterocycles. The Kier molecular flexibility index (Phi) is 5.35. The molecule has 5 nitrogen and oxygen atoms in total. The van der Waals surface area contributed by atoms with Crippen LogP contribution >= 0.6 is 0 Å². The van der Waals surface area contributed by atoms with Crippen LogP contribution in [0.3, 0.4) is 0 Å². The van der Waals surface area contributed by atoms with Crippen molar-refractivity contribution in [3.8, 4) is 0 Å². The summed E-state index contributed by atoms with van der Waals surface area (Å²) >= 11 is 0. The molecule has 0 saturated heterocycles. The van der Waals surface area contributed by atoms with Crippen LogP contribution in [0, 0.1) is 0 Å². The molecule has 1 atom stereocenters. The normalized spacial score (nSPS) is 12.8. The van der Waals surface area contributed by atoms with Crippen molar-refractivity contribution >= 4 is 21.4 Å². The SMILES string of the molecule is CCNC(=O)c1ccc(NC(C)CS(C)(=O)=O)cc1. The van der Waals surface area contributed by atoms with E-state index in [1.807, 2.05) is 6.92 Å². The van der Waals surface area contributed by atoms with Gasteiger partial charge >= 0.3 is 0 Å². The molecule has 106 valence electrons. The van der Waals surface area contributed by atoms with Crippen molar-refractivity contribution < 1.29 is 13.2 Å². The third-order valence-corrected chi connectivity index (χ3v) is 3.56. The predicted octanol–water partition coefficient (Wildman–Crippen LogP) is 1.28. The maximum Gasteiger partial charge on any atom is 0.251 e. The first-order chi connectivity index (χ1) is 8.81. The molecule has 0 aliphatic carbocycles. The first-order valence-electron chi connectivity index (χ1n) is 6.14. The minimum atomic E-state index is -3.00. The van der Waals surface area contributed by atoms with Crippen LogP contribution in [0.25, 0.3) is 0 Å². The zero-order valence-corrected chi connectivity index (χ0v) is 12.3. The van der Waals surface area contributed by atoms with Gasteiger partial charge in [-0.15, -0.1) is 0 Å². The molecule has 1 aromatic rings. The maximum absolute atomic E-state index is 11.6. The molecular formula is C13H20N2O3S. The molecule has 1 amide bonds. The third kappa shape index (κ3) is 5.74. The lowest BCUT2D eigenvalue weighted by Gasteiger charge is -2.14. The van der Waals surface area contributed by atoms with E-state index in [9.17, 15) is 13.2 Å². The van der Waals surface area contributed by atoms with E-state index in [2.05, 4.69) is 10.6 Å². The smallest absolute Gasteiger partial charge is 0.251 e. The van der Waals surface area contributed by atoms with E-state index in [0.717, 1.165) is 5.69 Å². The molecule has 0 aromatic heterocycles. The summed E-state index contributed by atoms with van der Waals surface area (Å²) in [7, 11) is -3.00. The molecule has 0 bridgehead atoms. The van der Waals surface area contributed by atoms with E-state index in [0.29, 0.717) is 12.1 Å². The van der Waals surface area contributed by atoms with Gasteiger partial charge in [0.1, 0.15) is 9.84 Å². The summed E-state index contributed by atoms with van der Waals surface area (Å²) in [6.07, 6.45) is 1.21. The average Bonchev–Trinajstić information content (AvgIpc) is 2.27. The van der Waals surface area contributed by atoms with E-state index >= 15 is 0 Å². The Balaban J connectivity index is 2.64. The lowest BCUT2D eigenvalue weighted by molar-refractivity contribution is 0.0956. The van der Waals surface area contributed by atoms with Crippen LogP contribution in [0.5, 0.6) is 0 Å². The number of hydrogen-bond acceptors (Lipinski definition) is 4. The van der Waals surface area contributed by atoms with Crippen molar-refractivity contribution in [2.75, 3.05) is 23.9 Å². The molecule has 0 saturated carbocycles. The topological polar surface area (TPSA) is 75.3 Å². The third-order valence-electron chi connectivity index (χ3n) is 2.45. The van der Waals surface area contributed by atoms with Crippen molar-refractivity contribution in [2.45, 2.75) is 19.9 Å². The van der Waals surface area contributed by atoms with Gasteiger partial charge in [0, 0.05) is 30.1 Å². The second-order valence-corrected chi connectivity index (χ2v) is 6.76. The van der Waals surface area contributed by atoms with Crippen molar-refractivity contribution in [1.82, 2.24) is 5.32 Å². The van der Waals surface area contributed by atoms with Gasteiger partial charge in [0.05, 0.1) is 5.75 Å². The highest BCUT2D eigenvalue weighted by Gasteiger charge is 2.10. The quantitative estimate of drug-likeness (QED) is 0.825. The van der Waals surface area contributed by atoms with Gasteiger partial charge in [-0.2, -0.15) is 0 Å². The molecule has 1 unspecified atom stereocenters. The Labute approximate surface area is 114 Å². The Morgan fingerprint density at radius 1 is 1.26 bits per heavy atom. The fraction of sp³-hybridized carbons (Fsp3) is 0.462. The molecule has 0 spiro atoms. The lowest BCUT2D eigenvalue weighted by atomic mass is 10.2. The van der Waals surface area contributed by atoms with E-state index in [-0.39, 0.29) is 17.7 Å². The van der Waals surface area contributed by atoms with Crippen LogP contribution in [0.2, 0.25) is 0 Å². The summed E-state index contributed by atoms with van der Waals surface area (Å²) < 4.78 is 22.3. The van der Waals surface area contributed by atoms with E-state index in [1.54, 1.807) is 31.2 Å². The Hall–Kier alpha value is -1.56. The second-order valence-electron chi connectivity index (χ2n) is 4.57. The van der Waals surface area contributed by atoms with Gasteiger partial charge in [-0.3, -0.25) is 4.79 Å². The van der Waals surface area contributed by atoms with Gasteiger partial charge in [0.25, 0.3) is 5.91 Å². The van der Waals surface area contributed by atoms with Gasteiger partial charge in [0.15, 0.2) is 0 Å². The molecular weight excluding hydrogens is 264 g/mol. The first kappa shape index (κ1) is 15.5. The number of amides is 1. The van der Waals surface area contributed by atoms with Crippen molar-refractivity contribution in [2.24, 2.45) is 0 Å². The number of rotatable bonds is 6. The van der Waals surface area contributed by atoms with Crippen LogP contribution in [0.15, 0.2) is 24.3 Å². The maximum atomic E-state index is 11.6. The summed E-state index contributed by atoms with van der Waals surface area (Å²) in [5, 5.41) is 5.80. The summed E-state index contributed by atoms with van der Waals surface area (Å²) in [5.74, 6) is -0.0383. The summed E-state index contributed by atoms with van der Waals surface area (Å²) in [6.45, 7) is 4.25. The molecule has 19 heavy (non-hydrogen) atoms. The Morgan fingerprint density at radius 3 is 2.32 bits per heavy atom. The number of anilines is 1. The number of nitrogens with one attached hydrogen (secondary N) is 2. The highest BCUT2D eigenvalue weighted by Crippen LogP contribution is 2.11. The first-order valence-corrected chi connectivity index (χ1v) is 8.20. The van der Waals surface area contributed by atoms with Gasteiger partial charge < -0.3 is 10.6 Å². The zero-order chi connectivity index (χ0) is 14.5. The van der Waals surface area contributed by atoms with Crippen LogP contribution in [-0.2, 0) is 9.84 Å². The van der Waals surface area contributed by atoms with E-state index in [1.165, 1.54) is 6.26 Å². The van der Waals surface area contributed by atoms with Gasteiger partial charge in [0.2, 0.25) is 0 Å². The number of sulfone groups is 1. The minimum Gasteiger partial charge on any atom is -0.382 e. The highest BCUT2D eigenvalue weighted by molar-refractivity contribution is 7.90. The molecule has 2 N–H and O–H groups in total. The van der Waals surface area contributed by atoms with Gasteiger partial charge in [-0.1, -0.05) is 0 Å². The van der Waals surface area contributed by atoms with Gasteiger partial charge in [-0.05, 0) is 38.1 Å². The van der Waals surface area contributed by atoms with Crippen molar-refractivity contribution in [1.29, 1.82) is 0 Å². The average molecular weight is 284 g/mol. The predicted molar refractivity (Wildman–Crippen MR) is 77.2 cm³/mol. The molecule has 6 heteroatoms. The summed E-state index contributed by atoms with van der Waals surface area (Å²) in [5.41, 5.74) is 1.38. The Morgan fingerprint density at radius 2 is 1.84 bits per heavy atom. The minimum absolute atomic E-state index is 0.0745. The number of carbonyl (C=O) groups excluding carboxylic acids is 1. The highest BCUT2D eigenvalue weighted by atomic mass is 32.2. The van der Waals surface area contributed by atoms with Crippen LogP contribution in [0.4, 0.5) is 5.69 Å². The van der Waals surface area contributed by atoms with Crippen LogP contribution in [0.1, 0.15) is 24.2 Å². The molecule has 0 fully saturated rings. The number of carbonyl (C=O) groups is 1. The zero-order valence-electron chi connectivity index (χ0n) is 11.4. The number of benzene rings is 1. The van der Waals surface area contributed by atoms with Crippen LogP contribution in [-0.4, -0.2) is 38.9 Å². The summed E-state index contributed by atoms with van der Waals surface area (Å²) in [6, 6.07) is 6.78. The largest absolute Gasteiger partial charge is 0.382 e. The standard InChI is InChI=1S/C13H20N2O3S/c1-4-14-13(16)11-5-7-12(8-6-11)15-10(2)9-19(3,17)18/h5-8,10,15H,4,9H2,1-3H3,(H,14,16). The molecule has 1 rings (SSSR count). The fourth-order valence-electron chi connectivity index (χ4n) is 1.76. The summed E-state index contributed by atoms with van der Waals surface area (Å²) in [4.78, 5) is 11.6. The van der Waals surface area contributed by atoms with E-state index < -0.39 is 9.84 Å². The molecule has 0 aliphatic rings. The molecule has 0 heterocycles. The Bertz CT molecular complexity index is 523.